The van der Waals surface area contributed by atoms with Crippen molar-refractivity contribution in [3.05, 3.63) is 28.8 Å². The monoisotopic (exact) mass is 235 g/mol. The number of hydrogen-bond acceptors (Lipinski definition) is 2. The zero-order valence-corrected chi connectivity index (χ0v) is 11.4. The van der Waals surface area contributed by atoms with Gasteiger partial charge in [-0.15, -0.1) is 11.8 Å². The van der Waals surface area contributed by atoms with E-state index >= 15 is 0 Å². The third kappa shape index (κ3) is 2.14. The molecule has 0 saturated carbocycles. The van der Waals surface area contributed by atoms with E-state index in [2.05, 4.69) is 45.1 Å². The summed E-state index contributed by atoms with van der Waals surface area (Å²) in [6, 6.07) is 5.26. The first-order valence-corrected chi connectivity index (χ1v) is 7.02. The molecule has 1 heterocycles. The van der Waals surface area contributed by atoms with Crippen LogP contribution in [-0.4, -0.2) is 11.8 Å². The quantitative estimate of drug-likeness (QED) is 0.854. The fourth-order valence-electron chi connectivity index (χ4n) is 2.25. The highest BCUT2D eigenvalue weighted by atomic mass is 32.2. The Morgan fingerprint density at radius 2 is 1.94 bits per heavy atom. The molecular weight excluding hydrogens is 214 g/mol. The second-order valence-electron chi connectivity index (χ2n) is 4.73. The van der Waals surface area contributed by atoms with E-state index in [-0.39, 0.29) is 0 Å². The molecule has 2 rings (SSSR count). The molecule has 2 unspecified atom stereocenters. The van der Waals surface area contributed by atoms with Crippen molar-refractivity contribution in [3.8, 4) is 0 Å². The standard InChI is InChI=1S/C14H21NS/c1-5-6-15-14-11(4)16-13-8-10(3)9(2)7-12(13)14/h7-8,11,14-15H,5-6H2,1-4H3. The van der Waals surface area contributed by atoms with Crippen LogP contribution in [0.5, 0.6) is 0 Å². The van der Waals surface area contributed by atoms with Crippen LogP contribution in [0.1, 0.15) is 43.0 Å². The first-order valence-electron chi connectivity index (χ1n) is 6.14. The highest BCUT2D eigenvalue weighted by Gasteiger charge is 2.29. The average molecular weight is 235 g/mol. The van der Waals surface area contributed by atoms with E-state index < -0.39 is 0 Å². The van der Waals surface area contributed by atoms with Gasteiger partial charge in [0.05, 0.1) is 0 Å². The van der Waals surface area contributed by atoms with Crippen molar-refractivity contribution in [1.82, 2.24) is 5.32 Å². The molecule has 0 bridgehead atoms. The predicted molar refractivity (Wildman–Crippen MR) is 72.3 cm³/mol. The minimum Gasteiger partial charge on any atom is -0.309 e. The Labute approximate surface area is 103 Å². The maximum absolute atomic E-state index is 3.66. The maximum Gasteiger partial charge on any atom is 0.0452 e. The van der Waals surface area contributed by atoms with Gasteiger partial charge >= 0.3 is 0 Å². The summed E-state index contributed by atoms with van der Waals surface area (Å²) in [5, 5.41) is 4.32. The Balaban J connectivity index is 2.29. The first-order chi connectivity index (χ1) is 7.63. The molecule has 2 atom stereocenters. The van der Waals surface area contributed by atoms with E-state index in [0.717, 1.165) is 6.54 Å². The Morgan fingerprint density at radius 3 is 2.62 bits per heavy atom. The zero-order chi connectivity index (χ0) is 11.7. The third-order valence-corrected chi connectivity index (χ3v) is 4.61. The van der Waals surface area contributed by atoms with Gasteiger partial charge in [-0.2, -0.15) is 0 Å². The van der Waals surface area contributed by atoms with Gasteiger partial charge in [0.2, 0.25) is 0 Å². The minimum atomic E-state index is 0.541. The summed E-state index contributed by atoms with van der Waals surface area (Å²) < 4.78 is 0. The smallest absolute Gasteiger partial charge is 0.0452 e. The van der Waals surface area contributed by atoms with Crippen LogP contribution in [-0.2, 0) is 0 Å². The lowest BCUT2D eigenvalue weighted by molar-refractivity contribution is 0.532. The van der Waals surface area contributed by atoms with Crippen LogP contribution in [0.4, 0.5) is 0 Å². The molecule has 0 spiro atoms. The third-order valence-electron chi connectivity index (χ3n) is 3.36. The molecule has 16 heavy (non-hydrogen) atoms. The maximum atomic E-state index is 3.66. The average Bonchev–Trinajstić information content (AvgIpc) is 2.52. The van der Waals surface area contributed by atoms with Crippen molar-refractivity contribution in [2.24, 2.45) is 0 Å². The minimum absolute atomic E-state index is 0.541. The van der Waals surface area contributed by atoms with Crippen LogP contribution in [0, 0.1) is 13.8 Å². The molecule has 2 heteroatoms. The number of hydrogen-bond donors (Lipinski definition) is 1. The van der Waals surface area contributed by atoms with E-state index in [1.807, 2.05) is 11.8 Å². The van der Waals surface area contributed by atoms with Crippen molar-refractivity contribution < 1.29 is 0 Å². The molecule has 0 radical (unpaired) electrons. The number of fused-ring (bicyclic) bond motifs is 1. The van der Waals surface area contributed by atoms with Gasteiger partial charge in [-0.05, 0) is 49.6 Å². The highest BCUT2D eigenvalue weighted by Crippen LogP contribution is 2.44. The molecular formula is C14H21NS. The number of thioether (sulfide) groups is 1. The van der Waals surface area contributed by atoms with Gasteiger partial charge in [0, 0.05) is 16.2 Å². The molecule has 0 fully saturated rings. The molecule has 0 aliphatic carbocycles. The lowest BCUT2D eigenvalue weighted by Crippen LogP contribution is -2.26. The van der Waals surface area contributed by atoms with Crippen LogP contribution in [0.2, 0.25) is 0 Å². The Bertz CT molecular complexity index is 387. The van der Waals surface area contributed by atoms with E-state index in [0.29, 0.717) is 11.3 Å². The fraction of sp³-hybridized carbons (Fsp3) is 0.571. The lowest BCUT2D eigenvalue weighted by atomic mass is 9.99. The van der Waals surface area contributed by atoms with Crippen molar-refractivity contribution in [3.63, 3.8) is 0 Å². The SMILES string of the molecule is CCCNC1c2cc(C)c(C)cc2SC1C. The van der Waals surface area contributed by atoms with Gasteiger partial charge in [0.1, 0.15) is 0 Å². The summed E-state index contributed by atoms with van der Waals surface area (Å²) >= 11 is 2.01. The van der Waals surface area contributed by atoms with E-state index in [9.17, 15) is 0 Å². The number of aryl methyl sites for hydroxylation is 2. The second-order valence-corrected chi connectivity index (χ2v) is 6.15. The molecule has 1 aromatic rings. The van der Waals surface area contributed by atoms with Crippen LogP contribution < -0.4 is 5.32 Å². The van der Waals surface area contributed by atoms with Crippen LogP contribution in [0.15, 0.2) is 17.0 Å². The van der Waals surface area contributed by atoms with Crippen molar-refractivity contribution in [2.45, 2.75) is 50.3 Å². The highest BCUT2D eigenvalue weighted by molar-refractivity contribution is 8.00. The van der Waals surface area contributed by atoms with Crippen molar-refractivity contribution in [1.29, 1.82) is 0 Å². The van der Waals surface area contributed by atoms with Crippen molar-refractivity contribution in [2.75, 3.05) is 6.54 Å². The molecule has 1 nitrogen and oxygen atoms in total. The molecule has 1 N–H and O–H groups in total. The predicted octanol–water partition coefficient (Wildman–Crippen LogP) is 3.84. The molecule has 88 valence electrons. The Hall–Kier alpha value is -0.470. The molecule has 0 aromatic heterocycles. The van der Waals surface area contributed by atoms with Crippen LogP contribution in [0.25, 0.3) is 0 Å². The Morgan fingerprint density at radius 1 is 1.25 bits per heavy atom. The topological polar surface area (TPSA) is 12.0 Å². The van der Waals surface area contributed by atoms with Gasteiger partial charge < -0.3 is 5.32 Å². The summed E-state index contributed by atoms with van der Waals surface area (Å²) in [4.78, 5) is 1.48. The van der Waals surface area contributed by atoms with Crippen LogP contribution >= 0.6 is 11.8 Å². The van der Waals surface area contributed by atoms with Crippen LogP contribution in [0.3, 0.4) is 0 Å². The van der Waals surface area contributed by atoms with E-state index in [1.54, 1.807) is 0 Å². The molecule has 1 aliphatic heterocycles. The van der Waals surface area contributed by atoms with E-state index in [1.165, 1.54) is 28.0 Å². The summed E-state index contributed by atoms with van der Waals surface area (Å²) in [7, 11) is 0. The molecule has 0 amide bonds. The molecule has 1 aliphatic rings. The molecule has 1 aromatic carbocycles. The summed E-state index contributed by atoms with van der Waals surface area (Å²) in [5.41, 5.74) is 4.33. The van der Waals surface area contributed by atoms with Gasteiger partial charge in [0.25, 0.3) is 0 Å². The van der Waals surface area contributed by atoms with Gasteiger partial charge in [-0.1, -0.05) is 19.9 Å². The normalized spacial score (nSPS) is 23.5. The molecule has 0 saturated heterocycles. The summed E-state index contributed by atoms with van der Waals surface area (Å²) in [5.74, 6) is 0. The fourth-order valence-corrected chi connectivity index (χ4v) is 3.60. The largest absolute Gasteiger partial charge is 0.309 e. The summed E-state index contributed by atoms with van der Waals surface area (Å²) in [6.45, 7) is 10.1. The first kappa shape index (κ1) is 12.0. The number of benzene rings is 1. The number of nitrogens with one attached hydrogen (secondary N) is 1. The zero-order valence-electron chi connectivity index (χ0n) is 10.6. The van der Waals surface area contributed by atoms with Crippen molar-refractivity contribution >= 4 is 11.8 Å². The van der Waals surface area contributed by atoms with Gasteiger partial charge in [-0.3, -0.25) is 0 Å². The Kier molecular flexibility index (Phi) is 3.60. The van der Waals surface area contributed by atoms with Gasteiger partial charge in [-0.25, -0.2) is 0 Å². The van der Waals surface area contributed by atoms with Gasteiger partial charge in [0.15, 0.2) is 0 Å². The second kappa shape index (κ2) is 4.80. The van der Waals surface area contributed by atoms with E-state index in [4.69, 9.17) is 0 Å². The summed E-state index contributed by atoms with van der Waals surface area (Å²) in [6.07, 6.45) is 1.20. The number of rotatable bonds is 3. The lowest BCUT2D eigenvalue weighted by Gasteiger charge is -2.17.